The number of carbonyl (C=O) groups excluding carboxylic acids is 1. The van der Waals surface area contributed by atoms with E-state index in [-0.39, 0.29) is 18.3 Å². The molecule has 0 aliphatic heterocycles. The molecule has 0 radical (unpaired) electrons. The molecule has 0 saturated heterocycles. The minimum absolute atomic E-state index is 0.238. The number of nitrogens with one attached hydrogen (secondary N) is 1. The van der Waals surface area contributed by atoms with Gasteiger partial charge in [-0.15, -0.1) is 0 Å². The molecule has 0 aliphatic rings. The van der Waals surface area contributed by atoms with Crippen molar-refractivity contribution in [3.05, 3.63) is 35.1 Å². The molecular formula is C12H16FNO3. The Labute approximate surface area is 99.7 Å². The molecule has 1 rings (SSSR count). The number of aryl methyl sites for hydroxylation is 1. The molecule has 17 heavy (non-hydrogen) atoms. The summed E-state index contributed by atoms with van der Waals surface area (Å²) in [5, 5.41) is 2.64. The van der Waals surface area contributed by atoms with Crippen LogP contribution in [0.1, 0.15) is 15.9 Å². The molecule has 1 aromatic rings. The Morgan fingerprint density at radius 3 is 2.59 bits per heavy atom. The Kier molecular flexibility index (Phi) is 5.06. The fourth-order valence-corrected chi connectivity index (χ4v) is 1.33. The zero-order valence-electron chi connectivity index (χ0n) is 10.1. The van der Waals surface area contributed by atoms with Gasteiger partial charge in [-0.2, -0.15) is 0 Å². The van der Waals surface area contributed by atoms with Gasteiger partial charge in [-0.3, -0.25) is 4.79 Å². The molecule has 0 aromatic heterocycles. The highest BCUT2D eigenvalue weighted by Crippen LogP contribution is 2.09. The van der Waals surface area contributed by atoms with Crippen molar-refractivity contribution < 1.29 is 18.7 Å². The lowest BCUT2D eigenvalue weighted by atomic mass is 10.1. The predicted molar refractivity (Wildman–Crippen MR) is 61.3 cm³/mol. The predicted octanol–water partition coefficient (Wildman–Crippen LogP) is 1.48. The van der Waals surface area contributed by atoms with Crippen LogP contribution in [0.3, 0.4) is 0 Å². The van der Waals surface area contributed by atoms with Crippen LogP contribution in [0.2, 0.25) is 0 Å². The van der Waals surface area contributed by atoms with E-state index in [9.17, 15) is 9.18 Å². The number of hydrogen-bond acceptors (Lipinski definition) is 3. The van der Waals surface area contributed by atoms with Gasteiger partial charge in [-0.05, 0) is 30.7 Å². The summed E-state index contributed by atoms with van der Waals surface area (Å²) in [5.74, 6) is -0.611. The molecule has 0 saturated carbocycles. The molecule has 0 bridgehead atoms. The summed E-state index contributed by atoms with van der Waals surface area (Å²) in [5.41, 5.74) is 0.850. The first-order valence-electron chi connectivity index (χ1n) is 5.18. The second kappa shape index (κ2) is 6.32. The molecule has 94 valence electrons. The summed E-state index contributed by atoms with van der Waals surface area (Å²) >= 11 is 0. The summed E-state index contributed by atoms with van der Waals surface area (Å²) in [6.07, 6.45) is -0.486. The topological polar surface area (TPSA) is 47.6 Å². The Hall–Kier alpha value is -1.46. The number of carbonyl (C=O) groups is 1. The molecule has 0 fully saturated rings. The van der Waals surface area contributed by atoms with Crippen molar-refractivity contribution in [2.75, 3.05) is 20.8 Å². The Balaban J connectivity index is 2.61. The smallest absolute Gasteiger partial charge is 0.251 e. The number of halogens is 1. The number of methoxy groups -OCH3 is 2. The van der Waals surface area contributed by atoms with E-state index in [1.807, 2.05) is 0 Å². The average molecular weight is 241 g/mol. The summed E-state index contributed by atoms with van der Waals surface area (Å²) in [6.45, 7) is 1.85. The van der Waals surface area contributed by atoms with E-state index >= 15 is 0 Å². The number of hydrogen-bond donors (Lipinski definition) is 1. The fourth-order valence-electron chi connectivity index (χ4n) is 1.33. The number of amides is 1. The van der Waals surface area contributed by atoms with Crippen LogP contribution in [0.25, 0.3) is 0 Å². The van der Waals surface area contributed by atoms with Crippen LogP contribution in [-0.4, -0.2) is 33.0 Å². The van der Waals surface area contributed by atoms with Gasteiger partial charge in [-0.1, -0.05) is 0 Å². The van der Waals surface area contributed by atoms with E-state index in [0.29, 0.717) is 11.1 Å². The third-order valence-electron chi connectivity index (χ3n) is 2.38. The zero-order chi connectivity index (χ0) is 12.8. The third-order valence-corrected chi connectivity index (χ3v) is 2.38. The number of ether oxygens (including phenoxy) is 2. The fraction of sp³-hybridized carbons (Fsp3) is 0.417. The molecule has 0 atom stereocenters. The maximum absolute atomic E-state index is 13.0. The molecule has 0 spiro atoms. The van der Waals surface area contributed by atoms with Crippen molar-refractivity contribution in [1.82, 2.24) is 5.32 Å². The van der Waals surface area contributed by atoms with Crippen molar-refractivity contribution in [1.29, 1.82) is 0 Å². The summed E-state index contributed by atoms with van der Waals surface area (Å²) in [7, 11) is 2.98. The number of rotatable bonds is 5. The minimum Gasteiger partial charge on any atom is -0.354 e. The largest absolute Gasteiger partial charge is 0.354 e. The Morgan fingerprint density at radius 1 is 1.41 bits per heavy atom. The summed E-state index contributed by atoms with van der Waals surface area (Å²) < 4.78 is 22.9. The second-order valence-electron chi connectivity index (χ2n) is 3.57. The van der Waals surface area contributed by atoms with Gasteiger partial charge in [0.1, 0.15) is 5.82 Å². The lowest BCUT2D eigenvalue weighted by molar-refractivity contribution is -0.0974. The van der Waals surface area contributed by atoms with Gasteiger partial charge in [0.15, 0.2) is 6.29 Å². The van der Waals surface area contributed by atoms with Crippen LogP contribution in [0.5, 0.6) is 0 Å². The van der Waals surface area contributed by atoms with Crippen molar-refractivity contribution in [3.63, 3.8) is 0 Å². The van der Waals surface area contributed by atoms with Crippen molar-refractivity contribution in [2.45, 2.75) is 13.2 Å². The van der Waals surface area contributed by atoms with E-state index in [2.05, 4.69) is 5.32 Å². The first-order valence-corrected chi connectivity index (χ1v) is 5.18. The Morgan fingerprint density at radius 2 is 2.06 bits per heavy atom. The lowest BCUT2D eigenvalue weighted by Gasteiger charge is -2.14. The van der Waals surface area contributed by atoms with Crippen LogP contribution in [0.15, 0.2) is 18.2 Å². The van der Waals surface area contributed by atoms with Gasteiger partial charge in [0.2, 0.25) is 0 Å². The maximum Gasteiger partial charge on any atom is 0.251 e. The molecule has 0 heterocycles. The molecule has 4 nitrogen and oxygen atoms in total. The van der Waals surface area contributed by atoms with Gasteiger partial charge in [0.05, 0.1) is 6.54 Å². The molecule has 0 unspecified atom stereocenters. The van der Waals surface area contributed by atoms with Crippen LogP contribution in [0, 0.1) is 12.7 Å². The van der Waals surface area contributed by atoms with Crippen LogP contribution < -0.4 is 5.32 Å². The van der Waals surface area contributed by atoms with Crippen molar-refractivity contribution in [2.24, 2.45) is 0 Å². The molecule has 0 aliphatic carbocycles. The molecule has 1 aromatic carbocycles. The molecule has 1 amide bonds. The van der Waals surface area contributed by atoms with Crippen LogP contribution >= 0.6 is 0 Å². The highest BCUT2D eigenvalue weighted by atomic mass is 19.1. The van der Waals surface area contributed by atoms with E-state index in [4.69, 9.17) is 9.47 Å². The lowest BCUT2D eigenvalue weighted by Crippen LogP contribution is -2.34. The Bertz CT molecular complexity index is 391. The second-order valence-corrected chi connectivity index (χ2v) is 3.57. The number of benzene rings is 1. The van der Waals surface area contributed by atoms with E-state index in [1.165, 1.54) is 32.4 Å². The SMILES string of the molecule is COC(CNC(=O)c1ccc(F)c(C)c1)OC. The van der Waals surface area contributed by atoms with Gasteiger partial charge in [0, 0.05) is 19.8 Å². The van der Waals surface area contributed by atoms with Gasteiger partial charge >= 0.3 is 0 Å². The highest BCUT2D eigenvalue weighted by Gasteiger charge is 2.10. The average Bonchev–Trinajstić information content (AvgIpc) is 2.33. The molecular weight excluding hydrogens is 225 g/mol. The van der Waals surface area contributed by atoms with Crippen molar-refractivity contribution in [3.8, 4) is 0 Å². The molecule has 5 heteroatoms. The summed E-state index contributed by atoms with van der Waals surface area (Å²) in [4.78, 5) is 11.7. The monoisotopic (exact) mass is 241 g/mol. The van der Waals surface area contributed by atoms with Gasteiger partial charge in [0.25, 0.3) is 5.91 Å². The standard InChI is InChI=1S/C12H16FNO3/c1-8-6-9(4-5-10(8)13)12(15)14-7-11(16-2)17-3/h4-6,11H,7H2,1-3H3,(H,14,15). The molecule has 1 N–H and O–H groups in total. The summed E-state index contributed by atoms with van der Waals surface area (Å²) in [6, 6.07) is 4.21. The van der Waals surface area contributed by atoms with Crippen LogP contribution in [-0.2, 0) is 9.47 Å². The maximum atomic E-state index is 13.0. The zero-order valence-corrected chi connectivity index (χ0v) is 10.1. The first kappa shape index (κ1) is 13.6. The first-order chi connectivity index (χ1) is 8.08. The highest BCUT2D eigenvalue weighted by molar-refractivity contribution is 5.94. The minimum atomic E-state index is -0.486. The van der Waals surface area contributed by atoms with Gasteiger partial charge in [-0.25, -0.2) is 4.39 Å². The van der Waals surface area contributed by atoms with E-state index in [1.54, 1.807) is 6.92 Å². The van der Waals surface area contributed by atoms with E-state index in [0.717, 1.165) is 0 Å². The van der Waals surface area contributed by atoms with Gasteiger partial charge < -0.3 is 14.8 Å². The van der Waals surface area contributed by atoms with Crippen molar-refractivity contribution >= 4 is 5.91 Å². The third kappa shape index (κ3) is 3.80. The normalized spacial score (nSPS) is 10.6. The quantitative estimate of drug-likeness (QED) is 0.794. The van der Waals surface area contributed by atoms with Crippen LogP contribution in [0.4, 0.5) is 4.39 Å². The van der Waals surface area contributed by atoms with E-state index < -0.39 is 6.29 Å².